The van der Waals surface area contributed by atoms with E-state index in [1.807, 2.05) is 13.8 Å². The standard InChI is InChI=1S/C20H28N2O6S/c1-5-6-7-27-20(26)17-18(29-13-8-14(24)21-9-13)10(2)16-15(19(25)22(16)17)11(3)28-12(4)23/h10-11,13,15-16H,5-9H2,1-4H3,(H,21,24)/t10-,11-,13-,15-,16-/m1/s1. The van der Waals surface area contributed by atoms with Gasteiger partial charge in [-0.15, -0.1) is 11.8 Å². The molecule has 0 aromatic rings. The molecule has 2 amide bonds. The number of hydrogen-bond acceptors (Lipinski definition) is 7. The Morgan fingerprint density at radius 2 is 2.07 bits per heavy atom. The summed E-state index contributed by atoms with van der Waals surface area (Å²) in [4.78, 5) is 51.0. The van der Waals surface area contributed by atoms with Gasteiger partial charge in [-0.05, 0) is 13.3 Å². The van der Waals surface area contributed by atoms with Gasteiger partial charge < -0.3 is 19.7 Å². The van der Waals surface area contributed by atoms with Gasteiger partial charge >= 0.3 is 11.9 Å². The highest BCUT2D eigenvalue weighted by Gasteiger charge is 2.61. The largest absolute Gasteiger partial charge is 0.462 e. The number of nitrogens with one attached hydrogen (secondary N) is 1. The van der Waals surface area contributed by atoms with E-state index in [9.17, 15) is 19.2 Å². The van der Waals surface area contributed by atoms with Crippen molar-refractivity contribution in [3.8, 4) is 0 Å². The van der Waals surface area contributed by atoms with Crippen LogP contribution in [0.2, 0.25) is 0 Å². The molecule has 0 aliphatic carbocycles. The molecule has 0 saturated carbocycles. The summed E-state index contributed by atoms with van der Waals surface area (Å²) in [6.07, 6.45) is 1.46. The van der Waals surface area contributed by atoms with Gasteiger partial charge in [0.25, 0.3) is 0 Å². The van der Waals surface area contributed by atoms with Crippen LogP contribution in [0.1, 0.15) is 47.0 Å². The number of unbranched alkanes of at least 4 members (excludes halogenated alkanes) is 1. The van der Waals surface area contributed by atoms with Gasteiger partial charge in [-0.3, -0.25) is 14.4 Å². The topological polar surface area (TPSA) is 102 Å². The Balaban J connectivity index is 1.84. The van der Waals surface area contributed by atoms with Crippen molar-refractivity contribution < 1.29 is 28.7 Å². The second kappa shape index (κ2) is 8.77. The zero-order valence-electron chi connectivity index (χ0n) is 17.2. The van der Waals surface area contributed by atoms with E-state index in [-0.39, 0.29) is 29.0 Å². The van der Waals surface area contributed by atoms with E-state index in [1.54, 1.807) is 6.92 Å². The lowest BCUT2D eigenvalue weighted by Gasteiger charge is -2.47. The van der Waals surface area contributed by atoms with E-state index in [1.165, 1.54) is 23.6 Å². The molecule has 3 heterocycles. The fraction of sp³-hybridized carbons (Fsp3) is 0.700. The number of hydrogen-bond donors (Lipinski definition) is 1. The Morgan fingerprint density at radius 1 is 1.34 bits per heavy atom. The van der Waals surface area contributed by atoms with Crippen molar-refractivity contribution in [2.45, 2.75) is 64.4 Å². The molecule has 0 spiro atoms. The van der Waals surface area contributed by atoms with Gasteiger partial charge in [0.1, 0.15) is 11.8 Å². The van der Waals surface area contributed by atoms with Crippen LogP contribution in [0.3, 0.4) is 0 Å². The van der Waals surface area contributed by atoms with Gasteiger partial charge in [0.05, 0.1) is 18.6 Å². The average molecular weight is 425 g/mol. The zero-order chi connectivity index (χ0) is 21.3. The summed E-state index contributed by atoms with van der Waals surface area (Å²) in [5.41, 5.74) is 0.291. The van der Waals surface area contributed by atoms with Crippen molar-refractivity contribution in [1.29, 1.82) is 0 Å². The number of nitrogens with zero attached hydrogens (tertiary/aromatic N) is 1. The van der Waals surface area contributed by atoms with Crippen LogP contribution in [0.25, 0.3) is 0 Å². The smallest absolute Gasteiger partial charge is 0.355 e. The molecular weight excluding hydrogens is 396 g/mol. The molecule has 3 aliphatic rings. The highest BCUT2D eigenvalue weighted by atomic mass is 32.2. The van der Waals surface area contributed by atoms with Crippen molar-refractivity contribution in [2.75, 3.05) is 13.2 Å². The minimum atomic E-state index is -0.569. The van der Waals surface area contributed by atoms with E-state index in [4.69, 9.17) is 9.47 Å². The first-order valence-corrected chi connectivity index (χ1v) is 11.0. The molecule has 8 nitrogen and oxygen atoms in total. The first-order chi connectivity index (χ1) is 13.8. The summed E-state index contributed by atoms with van der Waals surface area (Å²) < 4.78 is 10.7. The zero-order valence-corrected chi connectivity index (χ0v) is 18.0. The summed E-state index contributed by atoms with van der Waals surface area (Å²) in [6.45, 7) is 7.83. The quantitative estimate of drug-likeness (QED) is 0.359. The number of ether oxygens (including phenoxy) is 2. The number of rotatable bonds is 8. The van der Waals surface area contributed by atoms with Crippen LogP contribution in [0.4, 0.5) is 0 Å². The number of esters is 2. The molecule has 2 fully saturated rings. The fourth-order valence-corrected chi connectivity index (χ4v) is 5.62. The number of fused-ring (bicyclic) bond motifs is 1. The maximum Gasteiger partial charge on any atom is 0.355 e. The van der Waals surface area contributed by atoms with Crippen LogP contribution in [0, 0.1) is 11.8 Å². The first kappa shape index (κ1) is 21.7. The Hall–Kier alpha value is -2.03. The minimum absolute atomic E-state index is 0.0107. The van der Waals surface area contributed by atoms with E-state index in [2.05, 4.69) is 5.32 Å². The van der Waals surface area contributed by atoms with Crippen LogP contribution in [-0.4, -0.2) is 59.2 Å². The third-order valence-corrected chi connectivity index (χ3v) is 7.09. The Kier molecular flexibility index (Phi) is 6.55. The SMILES string of the molecule is CCCCOC(=O)C1=C(S[C@H]2CNC(=O)C2)[C@H](C)[C@@H]2[C@@H]([C@@H](C)OC(C)=O)C(=O)N12. The van der Waals surface area contributed by atoms with Crippen molar-refractivity contribution in [2.24, 2.45) is 11.8 Å². The summed E-state index contributed by atoms with van der Waals surface area (Å²) in [5, 5.41) is 2.81. The Morgan fingerprint density at radius 3 is 2.66 bits per heavy atom. The molecule has 1 N–H and O–H groups in total. The second-order valence-electron chi connectivity index (χ2n) is 7.78. The summed E-state index contributed by atoms with van der Waals surface area (Å²) in [6, 6.07) is -0.252. The molecule has 9 heteroatoms. The molecule has 5 atom stereocenters. The summed E-state index contributed by atoms with van der Waals surface area (Å²) in [7, 11) is 0. The van der Waals surface area contributed by atoms with Gasteiger partial charge in [0, 0.05) is 36.0 Å². The van der Waals surface area contributed by atoms with E-state index < -0.39 is 24.0 Å². The molecule has 29 heavy (non-hydrogen) atoms. The maximum atomic E-state index is 12.9. The third-order valence-electron chi connectivity index (χ3n) is 5.60. The molecule has 3 aliphatic heterocycles. The lowest BCUT2D eigenvalue weighted by molar-refractivity contribution is -0.171. The van der Waals surface area contributed by atoms with Crippen LogP contribution in [0.15, 0.2) is 10.6 Å². The molecule has 2 saturated heterocycles. The second-order valence-corrected chi connectivity index (χ2v) is 9.12. The predicted molar refractivity (Wildman–Crippen MR) is 106 cm³/mol. The predicted octanol–water partition coefficient (Wildman–Crippen LogP) is 1.59. The monoisotopic (exact) mass is 424 g/mol. The molecule has 3 rings (SSSR count). The van der Waals surface area contributed by atoms with Crippen LogP contribution in [0.5, 0.6) is 0 Å². The molecule has 0 bridgehead atoms. The van der Waals surface area contributed by atoms with Crippen molar-refractivity contribution >= 4 is 35.5 Å². The number of carbonyl (C=O) groups excluding carboxylic acids is 4. The van der Waals surface area contributed by atoms with Gasteiger partial charge in [0.2, 0.25) is 11.8 Å². The third kappa shape index (κ3) is 4.15. The number of β-lactam (4-membered cyclic amide) rings is 1. The molecule has 160 valence electrons. The summed E-state index contributed by atoms with van der Waals surface area (Å²) >= 11 is 1.47. The number of thioether (sulfide) groups is 1. The minimum Gasteiger partial charge on any atom is -0.462 e. The maximum absolute atomic E-state index is 12.9. The highest BCUT2D eigenvalue weighted by molar-refractivity contribution is 8.03. The van der Waals surface area contributed by atoms with Gasteiger partial charge in [-0.1, -0.05) is 20.3 Å². The van der Waals surface area contributed by atoms with E-state index >= 15 is 0 Å². The molecule has 0 aromatic heterocycles. The van der Waals surface area contributed by atoms with E-state index in [0.29, 0.717) is 25.3 Å². The molecule has 0 radical (unpaired) electrons. The van der Waals surface area contributed by atoms with Gasteiger partial charge in [0.15, 0.2) is 0 Å². The fourth-order valence-electron chi connectivity index (χ4n) is 4.21. The average Bonchev–Trinajstić information content (AvgIpc) is 3.15. The van der Waals surface area contributed by atoms with Crippen LogP contribution >= 0.6 is 11.8 Å². The molecule has 0 unspecified atom stereocenters. The Labute approximate surface area is 174 Å². The van der Waals surface area contributed by atoms with Crippen LogP contribution in [-0.2, 0) is 28.7 Å². The summed E-state index contributed by atoms with van der Waals surface area (Å²) in [5.74, 6) is -1.78. The number of amides is 2. The highest BCUT2D eigenvalue weighted by Crippen LogP contribution is 2.52. The van der Waals surface area contributed by atoms with Gasteiger partial charge in [-0.25, -0.2) is 4.79 Å². The van der Waals surface area contributed by atoms with Crippen molar-refractivity contribution in [1.82, 2.24) is 10.2 Å². The van der Waals surface area contributed by atoms with E-state index in [0.717, 1.165) is 17.7 Å². The lowest BCUT2D eigenvalue weighted by atomic mass is 9.79. The van der Waals surface area contributed by atoms with Gasteiger partial charge in [-0.2, -0.15) is 0 Å². The lowest BCUT2D eigenvalue weighted by Crippen LogP contribution is -2.64. The molecular formula is C20H28N2O6S. The first-order valence-electron chi connectivity index (χ1n) is 10.1. The van der Waals surface area contributed by atoms with Crippen LogP contribution < -0.4 is 5.32 Å². The number of carbonyl (C=O) groups is 4. The van der Waals surface area contributed by atoms with Crippen molar-refractivity contribution in [3.05, 3.63) is 10.6 Å². The Bertz CT molecular complexity index is 751. The molecule has 0 aromatic carbocycles. The van der Waals surface area contributed by atoms with Crippen molar-refractivity contribution in [3.63, 3.8) is 0 Å². The normalized spacial score (nSPS) is 29.3.